The van der Waals surface area contributed by atoms with Gasteiger partial charge in [-0.25, -0.2) is 4.68 Å². The van der Waals surface area contributed by atoms with Gasteiger partial charge in [-0.15, -0.1) is 0 Å². The molecule has 7 heteroatoms. The van der Waals surface area contributed by atoms with Gasteiger partial charge < -0.3 is 5.32 Å². The van der Waals surface area contributed by atoms with Crippen molar-refractivity contribution in [1.82, 2.24) is 14.8 Å². The monoisotopic (exact) mass is 331 g/mol. The van der Waals surface area contributed by atoms with Crippen LogP contribution in [0.4, 0.5) is 5.82 Å². The molecule has 0 saturated heterocycles. The molecule has 0 spiro atoms. The Morgan fingerprint density at radius 3 is 2.60 bits per heavy atom. The zero-order valence-corrected chi connectivity index (χ0v) is 13.0. The number of hydrogen-bond acceptors (Lipinski definition) is 4. The average molecular weight is 331 g/mol. The number of para-hydroxylation sites is 1. The maximum Gasteiger partial charge on any atom is 0.277 e. The molecule has 2 aromatic heterocycles. The van der Waals surface area contributed by atoms with Crippen LogP contribution >= 0.6 is 0 Å². The molecule has 2 N–H and O–H groups in total. The third-order valence-electron chi connectivity index (χ3n) is 4.30. The fraction of sp³-hybridized carbons (Fsp3) is 0.111. The lowest BCUT2D eigenvalue weighted by Crippen LogP contribution is -2.35. The highest BCUT2D eigenvalue weighted by atomic mass is 16.2. The van der Waals surface area contributed by atoms with Gasteiger partial charge in [-0.05, 0) is 23.8 Å². The second-order valence-corrected chi connectivity index (χ2v) is 5.74. The highest BCUT2D eigenvalue weighted by molar-refractivity contribution is 5.97. The normalized spacial score (nSPS) is 18.9. The number of H-pyrrole nitrogens is 1. The molecule has 3 heterocycles. The van der Waals surface area contributed by atoms with Crippen molar-refractivity contribution in [2.45, 2.75) is 5.92 Å². The number of amides is 1. The first-order chi connectivity index (χ1) is 12.2. The van der Waals surface area contributed by atoms with Crippen LogP contribution in [0.5, 0.6) is 0 Å². The molecule has 2 atom stereocenters. The molecule has 0 aliphatic carbocycles. The lowest BCUT2D eigenvalue weighted by atomic mass is 9.80. The molecule has 122 valence electrons. The number of fused-ring (bicyclic) bond motifs is 1. The first-order valence-corrected chi connectivity index (χ1v) is 7.71. The minimum Gasteiger partial charge on any atom is -0.310 e. The number of nitrogens with one attached hydrogen (secondary N) is 2. The predicted molar refractivity (Wildman–Crippen MR) is 90.2 cm³/mol. The molecule has 3 aromatic rings. The van der Waals surface area contributed by atoms with Gasteiger partial charge in [0.25, 0.3) is 5.56 Å². The van der Waals surface area contributed by atoms with E-state index in [2.05, 4.69) is 15.4 Å². The van der Waals surface area contributed by atoms with Crippen molar-refractivity contribution in [2.24, 2.45) is 5.92 Å². The van der Waals surface area contributed by atoms with E-state index in [-0.39, 0.29) is 5.56 Å². The molecule has 4 rings (SSSR count). The van der Waals surface area contributed by atoms with E-state index >= 15 is 0 Å². The number of aromatic nitrogens is 3. The van der Waals surface area contributed by atoms with Crippen LogP contribution in [0.1, 0.15) is 17.0 Å². The summed E-state index contributed by atoms with van der Waals surface area (Å²) in [5, 5.41) is 15.1. The number of pyridine rings is 1. The number of nitrogens with zero attached hydrogens (tertiary/aromatic N) is 3. The van der Waals surface area contributed by atoms with E-state index in [1.807, 2.05) is 24.3 Å². The minimum atomic E-state index is -0.996. The molecule has 0 radical (unpaired) electrons. The fourth-order valence-electron chi connectivity index (χ4n) is 3.16. The first kappa shape index (κ1) is 14.9. The van der Waals surface area contributed by atoms with Crippen LogP contribution in [0, 0.1) is 17.2 Å². The number of rotatable bonds is 2. The van der Waals surface area contributed by atoms with Crippen LogP contribution in [-0.2, 0) is 4.79 Å². The van der Waals surface area contributed by atoms with Gasteiger partial charge in [-0.1, -0.05) is 24.3 Å². The topological polar surface area (TPSA) is 104 Å². The molecular formula is C18H13N5O2. The molecule has 1 aromatic carbocycles. The zero-order valence-electron chi connectivity index (χ0n) is 13.0. The number of hydrogen-bond donors (Lipinski definition) is 2. The van der Waals surface area contributed by atoms with Crippen molar-refractivity contribution in [3.63, 3.8) is 0 Å². The van der Waals surface area contributed by atoms with Crippen molar-refractivity contribution >= 4 is 11.7 Å². The molecular weight excluding hydrogens is 318 g/mol. The van der Waals surface area contributed by atoms with E-state index in [0.29, 0.717) is 22.6 Å². The minimum absolute atomic E-state index is 0.296. The largest absolute Gasteiger partial charge is 0.310 e. The van der Waals surface area contributed by atoms with Crippen molar-refractivity contribution in [3.8, 4) is 11.8 Å². The highest BCUT2D eigenvalue weighted by Gasteiger charge is 2.41. The predicted octanol–water partition coefficient (Wildman–Crippen LogP) is 1.78. The fourth-order valence-corrected chi connectivity index (χ4v) is 3.16. The number of carbonyl (C=O) groups is 1. The molecule has 0 bridgehead atoms. The quantitative estimate of drug-likeness (QED) is 0.747. The molecule has 7 nitrogen and oxygen atoms in total. The van der Waals surface area contributed by atoms with Crippen molar-refractivity contribution in [2.75, 3.05) is 5.32 Å². The smallest absolute Gasteiger partial charge is 0.277 e. The standard InChI is InChI=1S/C18H13N5O2/c19-9-13-14(11-5-4-8-20-10-11)15-16(21-17(13)24)22-23(18(15)25)12-6-2-1-3-7-12/h1-8,10,13-14,22H,(H,21,24)/t13-,14-/m0/s1. The van der Waals surface area contributed by atoms with Crippen LogP contribution in [-0.4, -0.2) is 20.7 Å². The summed E-state index contributed by atoms with van der Waals surface area (Å²) in [6.45, 7) is 0. The summed E-state index contributed by atoms with van der Waals surface area (Å²) >= 11 is 0. The Balaban J connectivity index is 1.95. The summed E-state index contributed by atoms with van der Waals surface area (Å²) in [5.74, 6) is -1.79. The van der Waals surface area contributed by atoms with Gasteiger partial charge in [-0.2, -0.15) is 5.26 Å². The van der Waals surface area contributed by atoms with Crippen LogP contribution in [0.15, 0.2) is 59.7 Å². The highest BCUT2D eigenvalue weighted by Crippen LogP contribution is 2.37. The van der Waals surface area contributed by atoms with E-state index in [9.17, 15) is 14.9 Å². The van der Waals surface area contributed by atoms with E-state index < -0.39 is 17.7 Å². The van der Waals surface area contributed by atoms with Gasteiger partial charge in [0.05, 0.1) is 17.3 Å². The molecule has 1 aliphatic heterocycles. The number of carbonyl (C=O) groups excluding carboxylic acids is 1. The average Bonchev–Trinajstić information content (AvgIpc) is 2.98. The molecule has 1 amide bonds. The summed E-state index contributed by atoms with van der Waals surface area (Å²) in [6, 6.07) is 14.6. The van der Waals surface area contributed by atoms with Crippen molar-refractivity contribution in [1.29, 1.82) is 5.26 Å². The van der Waals surface area contributed by atoms with Gasteiger partial charge in [0.15, 0.2) is 0 Å². The third kappa shape index (κ3) is 2.32. The van der Waals surface area contributed by atoms with Gasteiger partial charge >= 0.3 is 0 Å². The first-order valence-electron chi connectivity index (χ1n) is 7.71. The van der Waals surface area contributed by atoms with Crippen molar-refractivity contribution < 1.29 is 4.79 Å². The maximum atomic E-state index is 13.0. The Kier molecular flexibility index (Phi) is 3.43. The van der Waals surface area contributed by atoms with Crippen molar-refractivity contribution in [3.05, 3.63) is 76.3 Å². The summed E-state index contributed by atoms with van der Waals surface area (Å²) < 4.78 is 1.37. The summed E-state index contributed by atoms with van der Waals surface area (Å²) in [5.41, 5.74) is 1.37. The molecule has 0 saturated carbocycles. The maximum absolute atomic E-state index is 13.0. The van der Waals surface area contributed by atoms with E-state index in [1.165, 1.54) is 4.68 Å². The van der Waals surface area contributed by atoms with E-state index in [1.54, 1.807) is 36.7 Å². The Morgan fingerprint density at radius 2 is 1.92 bits per heavy atom. The lowest BCUT2D eigenvalue weighted by molar-refractivity contribution is -0.119. The van der Waals surface area contributed by atoms with Gasteiger partial charge in [0, 0.05) is 18.3 Å². The SMILES string of the molecule is N#C[C@@H]1C(=O)Nc2[nH]n(-c3ccccc3)c(=O)c2[C@H]1c1cccnc1. The molecule has 1 aliphatic rings. The Labute approximate surface area is 142 Å². The van der Waals surface area contributed by atoms with Crippen LogP contribution in [0.25, 0.3) is 5.69 Å². The molecule has 0 unspecified atom stereocenters. The van der Waals surface area contributed by atoms with E-state index in [0.717, 1.165) is 0 Å². The van der Waals surface area contributed by atoms with Gasteiger partial charge in [0.2, 0.25) is 5.91 Å². The zero-order chi connectivity index (χ0) is 17.4. The van der Waals surface area contributed by atoms with Gasteiger partial charge in [0.1, 0.15) is 11.7 Å². The second-order valence-electron chi connectivity index (χ2n) is 5.74. The summed E-state index contributed by atoms with van der Waals surface area (Å²) in [6.07, 6.45) is 3.19. The van der Waals surface area contributed by atoms with Crippen LogP contribution in [0.3, 0.4) is 0 Å². The molecule has 25 heavy (non-hydrogen) atoms. The Hall–Kier alpha value is -3.66. The van der Waals surface area contributed by atoms with Gasteiger partial charge in [-0.3, -0.25) is 19.7 Å². The Bertz CT molecular complexity index is 1030. The van der Waals surface area contributed by atoms with E-state index in [4.69, 9.17) is 0 Å². The summed E-state index contributed by atoms with van der Waals surface area (Å²) in [4.78, 5) is 29.4. The molecule has 0 fully saturated rings. The number of nitriles is 1. The Morgan fingerprint density at radius 1 is 1.12 bits per heavy atom. The number of aromatic amines is 1. The van der Waals surface area contributed by atoms with Crippen LogP contribution < -0.4 is 10.9 Å². The third-order valence-corrected chi connectivity index (χ3v) is 4.30. The lowest BCUT2D eigenvalue weighted by Gasteiger charge is -2.25. The van der Waals surface area contributed by atoms with Crippen LogP contribution in [0.2, 0.25) is 0 Å². The second kappa shape index (κ2) is 5.76. The summed E-state index contributed by atoms with van der Waals surface area (Å²) in [7, 11) is 0. The number of benzene rings is 1. The number of anilines is 1.